The minimum atomic E-state index is -0.0112. The van der Waals surface area contributed by atoms with Crippen LogP contribution in [0.5, 0.6) is 0 Å². The van der Waals surface area contributed by atoms with Crippen LogP contribution in [0.25, 0.3) is 17.2 Å². The number of fused-ring (bicyclic) bond motifs is 1. The molecule has 0 aromatic carbocycles. The van der Waals surface area contributed by atoms with E-state index in [0.29, 0.717) is 45.1 Å². The molecule has 1 aliphatic rings. The lowest BCUT2D eigenvalue weighted by Gasteiger charge is -2.35. The molecule has 8 heteroatoms. The Morgan fingerprint density at radius 3 is 2.65 bits per heavy atom. The number of aromatic nitrogens is 3. The maximum atomic E-state index is 13.0. The Morgan fingerprint density at radius 2 is 2.00 bits per heavy atom. The predicted octanol–water partition coefficient (Wildman–Crippen LogP) is 3.45. The van der Waals surface area contributed by atoms with E-state index in [-0.39, 0.29) is 5.91 Å². The maximum absolute atomic E-state index is 13.0. The fourth-order valence-corrected chi connectivity index (χ4v) is 3.99. The first-order valence-electron chi connectivity index (χ1n) is 8.62. The lowest BCUT2D eigenvalue weighted by molar-refractivity contribution is 0.0623. The van der Waals surface area contributed by atoms with E-state index < -0.39 is 0 Å². The molecule has 1 aliphatic heterocycles. The Labute approximate surface area is 159 Å². The average molecular weight is 418 g/mol. The number of likely N-dealkylation sites (tertiary alicyclic amines) is 1. The highest BCUT2D eigenvalue weighted by Crippen LogP contribution is 2.26. The third-order valence-electron chi connectivity index (χ3n) is 4.66. The molecule has 4 rings (SSSR count). The number of hydrogen-bond donors (Lipinski definition) is 1. The number of hydrogen-bond acceptors (Lipinski definition) is 5. The van der Waals surface area contributed by atoms with Crippen molar-refractivity contribution >= 4 is 33.3 Å². The smallest absolute Gasteiger partial charge is 0.254 e. The number of rotatable bonds is 2. The second-order valence-electron chi connectivity index (χ2n) is 7.13. The van der Waals surface area contributed by atoms with Crippen LogP contribution in [0.4, 0.5) is 5.82 Å². The summed E-state index contributed by atoms with van der Waals surface area (Å²) in [7, 11) is 0. The van der Waals surface area contributed by atoms with Crippen LogP contribution >= 0.6 is 15.9 Å². The molecule has 0 aliphatic carbocycles. The number of piperidine rings is 1. The van der Waals surface area contributed by atoms with E-state index in [0.717, 1.165) is 19.5 Å². The van der Waals surface area contributed by atoms with Crippen molar-refractivity contribution in [2.24, 2.45) is 11.8 Å². The van der Waals surface area contributed by atoms with Crippen LogP contribution in [0, 0.1) is 11.8 Å². The van der Waals surface area contributed by atoms with Gasteiger partial charge in [-0.1, -0.05) is 13.8 Å². The summed E-state index contributed by atoms with van der Waals surface area (Å²) in [6.45, 7) is 5.90. The maximum Gasteiger partial charge on any atom is 0.254 e. The Kier molecular flexibility index (Phi) is 4.22. The summed E-state index contributed by atoms with van der Waals surface area (Å²) in [5.41, 5.74) is 7.19. The van der Waals surface area contributed by atoms with Crippen LogP contribution in [-0.4, -0.2) is 38.5 Å². The van der Waals surface area contributed by atoms with Crippen LogP contribution < -0.4 is 5.73 Å². The molecule has 1 fully saturated rings. The largest absolute Gasteiger partial charge is 0.446 e. The fraction of sp³-hybridized carbons (Fsp3) is 0.389. The molecule has 4 heterocycles. The van der Waals surface area contributed by atoms with Crippen molar-refractivity contribution < 1.29 is 9.21 Å². The average Bonchev–Trinajstić information content (AvgIpc) is 3.19. The first-order valence-corrected chi connectivity index (χ1v) is 9.41. The number of nitrogens with two attached hydrogens (primary N) is 1. The molecule has 1 saturated heterocycles. The van der Waals surface area contributed by atoms with Crippen molar-refractivity contribution in [3.05, 3.63) is 34.5 Å². The number of amides is 1. The molecule has 136 valence electrons. The number of halogens is 1. The Balaban J connectivity index is 1.69. The number of furan rings is 1. The highest BCUT2D eigenvalue weighted by atomic mass is 79.9. The third-order valence-corrected chi connectivity index (χ3v) is 5.09. The number of anilines is 1. The van der Waals surface area contributed by atoms with E-state index in [2.05, 4.69) is 39.9 Å². The van der Waals surface area contributed by atoms with Gasteiger partial charge in [-0.05, 0) is 58.5 Å². The van der Waals surface area contributed by atoms with E-state index in [4.69, 9.17) is 10.2 Å². The zero-order valence-electron chi connectivity index (χ0n) is 14.6. The summed E-state index contributed by atoms with van der Waals surface area (Å²) in [5, 5.41) is 4.37. The van der Waals surface area contributed by atoms with Crippen LogP contribution in [0.1, 0.15) is 30.6 Å². The molecular formula is C18H20BrN5O2. The van der Waals surface area contributed by atoms with Crippen molar-refractivity contribution in [3.63, 3.8) is 0 Å². The van der Waals surface area contributed by atoms with E-state index in [1.165, 1.54) is 4.52 Å². The second-order valence-corrected chi connectivity index (χ2v) is 7.92. The fourth-order valence-electron chi connectivity index (χ4n) is 3.68. The lowest BCUT2D eigenvalue weighted by atomic mass is 9.91. The molecule has 0 spiro atoms. The molecule has 2 unspecified atom stereocenters. The van der Waals surface area contributed by atoms with Crippen molar-refractivity contribution in [1.29, 1.82) is 0 Å². The molecule has 26 heavy (non-hydrogen) atoms. The van der Waals surface area contributed by atoms with Gasteiger partial charge in [0.2, 0.25) is 5.82 Å². The molecule has 0 bridgehead atoms. The highest BCUT2D eigenvalue weighted by molar-refractivity contribution is 9.10. The number of pyridine rings is 1. The molecule has 0 radical (unpaired) electrons. The monoisotopic (exact) mass is 417 g/mol. The molecule has 3 aromatic heterocycles. The van der Waals surface area contributed by atoms with Gasteiger partial charge in [0.1, 0.15) is 5.82 Å². The normalized spacial score (nSPS) is 20.7. The summed E-state index contributed by atoms with van der Waals surface area (Å²) < 4.78 is 7.62. The van der Waals surface area contributed by atoms with Gasteiger partial charge >= 0.3 is 0 Å². The SMILES string of the molecule is CC1CC(C)CN(C(=O)c2cc(N)n3nc(-c4ccc(Br)o4)nc3c2)C1. The highest BCUT2D eigenvalue weighted by Gasteiger charge is 2.27. The standard InChI is InChI=1S/C18H20BrN5O2/c1-10-5-11(2)9-23(8-10)18(25)12-6-15(20)24-16(7-12)21-17(22-24)13-3-4-14(19)26-13/h3-4,6-7,10-11H,5,8-9,20H2,1-2H3. The van der Waals surface area contributed by atoms with E-state index in [9.17, 15) is 4.79 Å². The van der Waals surface area contributed by atoms with Gasteiger partial charge < -0.3 is 15.1 Å². The van der Waals surface area contributed by atoms with Gasteiger partial charge in [-0.25, -0.2) is 4.98 Å². The van der Waals surface area contributed by atoms with Gasteiger partial charge in [0.15, 0.2) is 16.1 Å². The van der Waals surface area contributed by atoms with Crippen molar-refractivity contribution in [3.8, 4) is 11.6 Å². The minimum absolute atomic E-state index is 0.0112. The molecule has 2 N–H and O–H groups in total. The number of nitrogen functional groups attached to an aromatic ring is 1. The van der Waals surface area contributed by atoms with E-state index >= 15 is 0 Å². The van der Waals surface area contributed by atoms with Gasteiger partial charge in [-0.15, -0.1) is 5.10 Å². The Morgan fingerprint density at radius 1 is 1.27 bits per heavy atom. The predicted molar refractivity (Wildman–Crippen MR) is 102 cm³/mol. The first-order chi connectivity index (χ1) is 12.4. The lowest BCUT2D eigenvalue weighted by Crippen LogP contribution is -2.42. The zero-order valence-corrected chi connectivity index (χ0v) is 16.2. The van der Waals surface area contributed by atoms with Gasteiger partial charge in [0.25, 0.3) is 5.91 Å². The van der Waals surface area contributed by atoms with Gasteiger partial charge in [0, 0.05) is 18.7 Å². The number of nitrogens with zero attached hydrogens (tertiary/aromatic N) is 4. The quantitative estimate of drug-likeness (QED) is 0.689. The van der Waals surface area contributed by atoms with E-state index in [1.807, 2.05) is 4.90 Å². The molecular weight excluding hydrogens is 398 g/mol. The zero-order chi connectivity index (χ0) is 18.4. The van der Waals surface area contributed by atoms with Crippen LogP contribution in [0.3, 0.4) is 0 Å². The van der Waals surface area contributed by atoms with Crippen LogP contribution in [0.15, 0.2) is 33.4 Å². The summed E-state index contributed by atoms with van der Waals surface area (Å²) >= 11 is 3.27. The van der Waals surface area contributed by atoms with Gasteiger partial charge in [0.05, 0.1) is 0 Å². The molecule has 2 atom stereocenters. The topological polar surface area (TPSA) is 89.7 Å². The van der Waals surface area contributed by atoms with Crippen molar-refractivity contribution in [1.82, 2.24) is 19.5 Å². The summed E-state index contributed by atoms with van der Waals surface area (Å²) in [5.74, 6) is 2.32. The van der Waals surface area contributed by atoms with Crippen molar-refractivity contribution in [2.45, 2.75) is 20.3 Å². The minimum Gasteiger partial charge on any atom is -0.446 e. The molecule has 3 aromatic rings. The van der Waals surface area contributed by atoms with Gasteiger partial charge in [-0.2, -0.15) is 4.52 Å². The van der Waals surface area contributed by atoms with E-state index in [1.54, 1.807) is 24.3 Å². The summed E-state index contributed by atoms with van der Waals surface area (Å²) in [6.07, 6.45) is 1.15. The van der Waals surface area contributed by atoms with Gasteiger partial charge in [-0.3, -0.25) is 4.79 Å². The number of carbonyl (C=O) groups excluding carboxylic acids is 1. The molecule has 1 amide bonds. The summed E-state index contributed by atoms with van der Waals surface area (Å²) in [4.78, 5) is 19.3. The van der Waals surface area contributed by atoms with Crippen molar-refractivity contribution in [2.75, 3.05) is 18.8 Å². The van der Waals surface area contributed by atoms with Crippen LogP contribution in [-0.2, 0) is 0 Å². The second kappa shape index (κ2) is 6.42. The third kappa shape index (κ3) is 3.09. The molecule has 0 saturated carbocycles. The van der Waals surface area contributed by atoms with Crippen LogP contribution in [0.2, 0.25) is 0 Å². The summed E-state index contributed by atoms with van der Waals surface area (Å²) in [6, 6.07) is 6.95. The molecule has 7 nitrogen and oxygen atoms in total. The first kappa shape index (κ1) is 17.1. The number of carbonyl (C=O) groups is 1. The Bertz CT molecular complexity index is 969. The Hall–Kier alpha value is -2.35.